The molecule has 1 amide bonds. The van der Waals surface area contributed by atoms with E-state index in [1.54, 1.807) is 23.5 Å². The van der Waals surface area contributed by atoms with Crippen LogP contribution in [0.5, 0.6) is 0 Å². The molecule has 2 aromatic heterocycles. The highest BCUT2D eigenvalue weighted by Crippen LogP contribution is 2.29. The van der Waals surface area contributed by atoms with E-state index in [0.29, 0.717) is 11.7 Å². The largest absolute Gasteiger partial charge is 0.320 e. The lowest BCUT2D eigenvalue weighted by Crippen LogP contribution is -2.15. The summed E-state index contributed by atoms with van der Waals surface area (Å²) in [5.74, 6) is 0.527. The molecule has 3 aromatic rings. The second-order valence-corrected chi connectivity index (χ2v) is 8.15. The summed E-state index contributed by atoms with van der Waals surface area (Å²) in [6.07, 6.45) is 2.13. The molecule has 152 valence electrons. The molecule has 8 nitrogen and oxygen atoms in total. The minimum absolute atomic E-state index is 0.0783. The number of para-hydroxylation sites is 2. The van der Waals surface area contributed by atoms with Crippen molar-refractivity contribution in [2.45, 2.75) is 38.4 Å². The highest BCUT2D eigenvalue weighted by molar-refractivity contribution is 7.99. The molecular weight excluding hydrogens is 410 g/mol. The number of aromatic nitrogens is 3. The summed E-state index contributed by atoms with van der Waals surface area (Å²) >= 11 is 2.97. The van der Waals surface area contributed by atoms with Crippen LogP contribution in [-0.4, -0.2) is 31.3 Å². The number of hydrogen-bond donors (Lipinski definition) is 1. The molecule has 10 heteroatoms. The number of rotatable bonds is 9. The number of carbonyl (C=O) groups excluding carboxylic acids is 1. The van der Waals surface area contributed by atoms with Gasteiger partial charge in [0.05, 0.1) is 10.7 Å². The summed E-state index contributed by atoms with van der Waals surface area (Å²) in [4.78, 5) is 24.2. The minimum atomic E-state index is -0.517. The second-order valence-electron chi connectivity index (χ2n) is 6.21. The molecule has 1 N–H and O–H groups in total. The molecule has 0 atom stereocenters. The van der Waals surface area contributed by atoms with Crippen LogP contribution in [0.3, 0.4) is 0 Å². The zero-order valence-corrected chi connectivity index (χ0v) is 17.8. The maximum atomic E-state index is 12.3. The van der Waals surface area contributed by atoms with Crippen molar-refractivity contribution in [3.05, 3.63) is 50.7 Å². The fraction of sp³-hybridized carbons (Fsp3) is 0.316. The molecule has 0 aliphatic carbocycles. The molecule has 1 aromatic carbocycles. The van der Waals surface area contributed by atoms with E-state index in [9.17, 15) is 14.9 Å². The Morgan fingerprint density at radius 2 is 2.10 bits per heavy atom. The van der Waals surface area contributed by atoms with E-state index in [0.717, 1.165) is 24.2 Å². The molecule has 0 unspecified atom stereocenters. The number of nitro benzene ring substituents is 1. The van der Waals surface area contributed by atoms with Crippen molar-refractivity contribution in [2.75, 3.05) is 11.1 Å². The van der Waals surface area contributed by atoms with Crippen molar-refractivity contribution in [2.24, 2.45) is 0 Å². The molecule has 0 aliphatic heterocycles. The summed E-state index contributed by atoms with van der Waals surface area (Å²) < 4.78 is 1.97. The summed E-state index contributed by atoms with van der Waals surface area (Å²) in [7, 11) is 0. The molecule has 0 bridgehead atoms. The Hall–Kier alpha value is -2.72. The van der Waals surface area contributed by atoms with Crippen LogP contribution < -0.4 is 5.32 Å². The van der Waals surface area contributed by atoms with Gasteiger partial charge < -0.3 is 9.88 Å². The number of nitro groups is 1. The molecule has 0 spiro atoms. The normalized spacial score (nSPS) is 10.8. The average Bonchev–Trinajstić information content (AvgIpc) is 3.33. The van der Waals surface area contributed by atoms with Crippen LogP contribution in [-0.2, 0) is 17.8 Å². The SMILES string of the molecule is CCCc1cc(-c2nnc(SCC(=O)Nc3ccccc3[N+](=O)[O-])n2CC)cs1. The number of thiophene rings is 1. The van der Waals surface area contributed by atoms with E-state index < -0.39 is 4.92 Å². The third kappa shape index (κ3) is 5.01. The van der Waals surface area contributed by atoms with Gasteiger partial charge in [-0.15, -0.1) is 21.5 Å². The molecule has 0 aliphatic rings. The molecule has 3 rings (SSSR count). The Labute approximate surface area is 176 Å². The Bertz CT molecular complexity index is 1010. The fourth-order valence-electron chi connectivity index (χ4n) is 2.82. The smallest absolute Gasteiger partial charge is 0.292 e. The van der Waals surface area contributed by atoms with Gasteiger partial charge in [0, 0.05) is 28.4 Å². The van der Waals surface area contributed by atoms with Gasteiger partial charge in [-0.2, -0.15) is 0 Å². The number of amides is 1. The molecule has 29 heavy (non-hydrogen) atoms. The molecule has 2 heterocycles. The number of hydrogen-bond acceptors (Lipinski definition) is 7. The van der Waals surface area contributed by atoms with E-state index in [-0.39, 0.29) is 23.0 Å². The van der Waals surface area contributed by atoms with Gasteiger partial charge >= 0.3 is 0 Å². The van der Waals surface area contributed by atoms with E-state index in [4.69, 9.17) is 0 Å². The zero-order chi connectivity index (χ0) is 20.8. The lowest BCUT2D eigenvalue weighted by atomic mass is 10.2. The van der Waals surface area contributed by atoms with Gasteiger partial charge in [0.25, 0.3) is 5.69 Å². The maximum Gasteiger partial charge on any atom is 0.292 e. The first-order valence-electron chi connectivity index (χ1n) is 9.20. The van der Waals surface area contributed by atoms with Crippen LogP contribution in [0, 0.1) is 10.1 Å². The van der Waals surface area contributed by atoms with Gasteiger partial charge in [0.2, 0.25) is 5.91 Å². The number of thioether (sulfide) groups is 1. The highest BCUT2D eigenvalue weighted by Gasteiger charge is 2.18. The van der Waals surface area contributed by atoms with Crippen LogP contribution in [0.2, 0.25) is 0 Å². The van der Waals surface area contributed by atoms with Gasteiger partial charge in [-0.3, -0.25) is 14.9 Å². The Morgan fingerprint density at radius 3 is 2.83 bits per heavy atom. The highest BCUT2D eigenvalue weighted by atomic mass is 32.2. The summed E-state index contributed by atoms with van der Waals surface area (Å²) in [5.41, 5.74) is 1.08. The number of nitrogens with one attached hydrogen (secondary N) is 1. The first-order chi connectivity index (χ1) is 14.0. The van der Waals surface area contributed by atoms with Crippen molar-refractivity contribution < 1.29 is 9.72 Å². The number of carbonyl (C=O) groups is 1. The van der Waals surface area contributed by atoms with Crippen molar-refractivity contribution in [1.29, 1.82) is 0 Å². The van der Waals surface area contributed by atoms with Crippen LogP contribution in [0.25, 0.3) is 11.4 Å². The first kappa shape index (κ1) is 21.0. The van der Waals surface area contributed by atoms with Gasteiger partial charge in [0.15, 0.2) is 11.0 Å². The average molecular weight is 432 g/mol. The third-order valence-corrected chi connectivity index (χ3v) is 6.11. The third-order valence-electron chi connectivity index (χ3n) is 4.15. The standard InChI is InChI=1S/C19H21N5O3S2/c1-3-7-14-10-13(11-28-14)18-21-22-19(23(18)4-2)29-12-17(25)20-15-8-5-6-9-16(15)24(26)27/h5-6,8-11H,3-4,7,12H2,1-2H3,(H,20,25). The summed E-state index contributed by atoms with van der Waals surface area (Å²) in [6, 6.07) is 8.21. The maximum absolute atomic E-state index is 12.3. The van der Waals surface area contributed by atoms with Crippen molar-refractivity contribution in [3.63, 3.8) is 0 Å². The predicted molar refractivity (Wildman–Crippen MR) is 115 cm³/mol. The van der Waals surface area contributed by atoms with Gasteiger partial charge in [-0.25, -0.2) is 0 Å². The molecular formula is C19H21N5O3S2. The van der Waals surface area contributed by atoms with E-state index in [1.807, 2.05) is 11.5 Å². The topological polar surface area (TPSA) is 103 Å². The molecule has 0 saturated carbocycles. The minimum Gasteiger partial charge on any atom is -0.320 e. The first-order valence-corrected chi connectivity index (χ1v) is 11.1. The lowest BCUT2D eigenvalue weighted by molar-refractivity contribution is -0.383. The van der Waals surface area contributed by atoms with Crippen LogP contribution in [0.15, 0.2) is 40.9 Å². The van der Waals surface area contributed by atoms with E-state index >= 15 is 0 Å². The second kappa shape index (κ2) is 9.66. The summed E-state index contributed by atoms with van der Waals surface area (Å²) in [6.45, 7) is 4.83. The number of benzene rings is 1. The molecule has 0 saturated heterocycles. The summed E-state index contributed by atoms with van der Waals surface area (Å²) in [5, 5.41) is 24.9. The van der Waals surface area contributed by atoms with Crippen LogP contribution in [0.4, 0.5) is 11.4 Å². The van der Waals surface area contributed by atoms with Gasteiger partial charge in [-0.1, -0.05) is 37.2 Å². The molecule has 0 fully saturated rings. The number of nitrogens with zero attached hydrogens (tertiary/aromatic N) is 4. The van der Waals surface area contributed by atoms with E-state index in [1.165, 1.54) is 28.8 Å². The zero-order valence-electron chi connectivity index (χ0n) is 16.1. The monoisotopic (exact) mass is 431 g/mol. The predicted octanol–water partition coefficient (Wildman–Crippen LogP) is 4.62. The number of aryl methyl sites for hydroxylation is 1. The van der Waals surface area contributed by atoms with Crippen LogP contribution in [0.1, 0.15) is 25.1 Å². The molecule has 0 radical (unpaired) electrons. The quantitative estimate of drug-likeness (QED) is 0.301. The lowest BCUT2D eigenvalue weighted by Gasteiger charge is -2.07. The van der Waals surface area contributed by atoms with Crippen LogP contribution >= 0.6 is 23.1 Å². The fourth-order valence-corrected chi connectivity index (χ4v) is 4.60. The Kier molecular flexibility index (Phi) is 6.99. The Balaban J connectivity index is 1.69. The van der Waals surface area contributed by atoms with Gasteiger partial charge in [0.1, 0.15) is 5.69 Å². The van der Waals surface area contributed by atoms with Crippen molar-refractivity contribution >= 4 is 40.4 Å². The van der Waals surface area contributed by atoms with E-state index in [2.05, 4.69) is 33.9 Å². The van der Waals surface area contributed by atoms with Crippen molar-refractivity contribution in [3.8, 4) is 11.4 Å². The van der Waals surface area contributed by atoms with Crippen molar-refractivity contribution in [1.82, 2.24) is 14.8 Å². The van der Waals surface area contributed by atoms with Gasteiger partial charge in [-0.05, 0) is 25.5 Å². The Morgan fingerprint density at radius 1 is 1.31 bits per heavy atom. The number of anilines is 1.